The van der Waals surface area contributed by atoms with Gasteiger partial charge in [-0.05, 0) is 68.5 Å². The van der Waals surface area contributed by atoms with E-state index in [1.165, 1.54) is 0 Å². The average Bonchev–Trinajstić information content (AvgIpc) is 3.11. The van der Waals surface area contributed by atoms with E-state index in [9.17, 15) is 24.0 Å². The van der Waals surface area contributed by atoms with E-state index in [4.69, 9.17) is 11.5 Å². The van der Waals surface area contributed by atoms with Crippen LogP contribution in [0.2, 0.25) is 0 Å². The van der Waals surface area contributed by atoms with Crippen LogP contribution in [0.15, 0.2) is 60.7 Å². The summed E-state index contributed by atoms with van der Waals surface area (Å²) < 4.78 is 0. The van der Waals surface area contributed by atoms with Gasteiger partial charge in [0.05, 0.1) is 12.1 Å². The average molecular weight is 691 g/mol. The predicted octanol–water partition coefficient (Wildman–Crippen LogP) is 3.53. The molecular weight excluding hydrogens is 632 g/mol. The van der Waals surface area contributed by atoms with E-state index in [2.05, 4.69) is 16.0 Å². The lowest BCUT2D eigenvalue weighted by atomic mass is 9.87. The third kappa shape index (κ3) is 13.7. The minimum atomic E-state index is -0.804. The third-order valence-corrected chi connectivity index (χ3v) is 9.44. The first-order chi connectivity index (χ1) is 24.0. The molecule has 0 bridgehead atoms. The van der Waals surface area contributed by atoms with Crippen LogP contribution in [0.25, 0.3) is 0 Å². The molecule has 4 amide bonds. The van der Waals surface area contributed by atoms with Gasteiger partial charge >= 0.3 is 6.03 Å². The zero-order chi connectivity index (χ0) is 36.5. The fraction of sp³-hybridized carbons (Fsp3) is 0.564. The highest BCUT2D eigenvalue weighted by Gasteiger charge is 2.34. The molecule has 0 spiro atoms. The van der Waals surface area contributed by atoms with E-state index in [0.717, 1.165) is 17.5 Å². The molecule has 1 fully saturated rings. The number of nitrogens with two attached hydrogens (primary N) is 2. The van der Waals surface area contributed by atoms with Crippen molar-refractivity contribution in [3.05, 3.63) is 71.8 Å². The number of benzene rings is 2. The summed E-state index contributed by atoms with van der Waals surface area (Å²) in [4.78, 5) is 68.8. The van der Waals surface area contributed by atoms with Crippen LogP contribution in [0.4, 0.5) is 4.79 Å². The van der Waals surface area contributed by atoms with Crippen molar-refractivity contribution in [2.24, 2.45) is 29.2 Å². The molecule has 1 heterocycles. The Balaban J connectivity index is 1.74. The summed E-state index contributed by atoms with van der Waals surface area (Å²) in [5, 5.41) is 8.48. The smallest absolute Gasteiger partial charge is 0.314 e. The number of Topliss-reactive ketones (excluding diaryl/α,β-unsaturated/α-hetero) is 2. The Bertz CT molecular complexity index is 1360. The van der Waals surface area contributed by atoms with Crippen molar-refractivity contribution in [1.29, 1.82) is 0 Å². The highest BCUT2D eigenvalue weighted by Crippen LogP contribution is 2.23. The number of nitrogens with zero attached hydrogens (tertiary/aromatic N) is 1. The maximum absolute atomic E-state index is 14.0. The number of hydrogen-bond acceptors (Lipinski definition) is 7. The zero-order valence-corrected chi connectivity index (χ0v) is 30.1. The van der Waals surface area contributed by atoms with Crippen molar-refractivity contribution in [3.8, 4) is 0 Å². The summed E-state index contributed by atoms with van der Waals surface area (Å²) in [5.41, 5.74) is 13.9. The van der Waals surface area contributed by atoms with Crippen molar-refractivity contribution in [3.63, 3.8) is 0 Å². The summed E-state index contributed by atoms with van der Waals surface area (Å²) in [5.74, 6) is -2.02. The zero-order valence-electron chi connectivity index (χ0n) is 30.1. The lowest BCUT2D eigenvalue weighted by molar-refractivity contribution is -0.140. The van der Waals surface area contributed by atoms with Crippen molar-refractivity contribution < 1.29 is 24.0 Å². The van der Waals surface area contributed by atoms with Crippen molar-refractivity contribution in [1.82, 2.24) is 20.9 Å². The Kier molecular flexibility index (Phi) is 17.1. The van der Waals surface area contributed by atoms with E-state index in [1.807, 2.05) is 74.5 Å². The molecule has 3 rings (SSSR count). The number of nitrogens with one attached hydrogen (secondary N) is 3. The molecule has 0 aliphatic carbocycles. The Morgan fingerprint density at radius 1 is 0.820 bits per heavy atom. The van der Waals surface area contributed by atoms with E-state index < -0.39 is 23.9 Å². The van der Waals surface area contributed by atoms with Gasteiger partial charge in [0.15, 0.2) is 11.6 Å². The van der Waals surface area contributed by atoms with Gasteiger partial charge in [0.2, 0.25) is 11.8 Å². The molecule has 0 unspecified atom stereocenters. The molecule has 11 heteroatoms. The molecule has 1 aliphatic heterocycles. The Labute approximate surface area is 297 Å². The highest BCUT2D eigenvalue weighted by atomic mass is 16.2. The number of likely N-dealkylation sites (tertiary alicyclic amines) is 1. The topological polar surface area (TPSA) is 177 Å². The first-order valence-electron chi connectivity index (χ1n) is 18.2. The fourth-order valence-corrected chi connectivity index (χ4v) is 6.56. The number of piperidine rings is 1. The normalized spacial score (nSPS) is 15.8. The van der Waals surface area contributed by atoms with E-state index >= 15 is 0 Å². The molecule has 0 radical (unpaired) electrons. The second-order valence-corrected chi connectivity index (χ2v) is 14.0. The monoisotopic (exact) mass is 690 g/mol. The molecule has 4 atom stereocenters. The first-order valence-corrected chi connectivity index (χ1v) is 18.2. The number of carbonyl (C=O) groups excluding carboxylic acids is 5. The lowest BCUT2D eigenvalue weighted by Crippen LogP contribution is -2.50. The van der Waals surface area contributed by atoms with Crippen LogP contribution in [-0.4, -0.2) is 79.1 Å². The van der Waals surface area contributed by atoms with Gasteiger partial charge in [0.25, 0.3) is 0 Å². The standard InChI is InChI=1S/C39H58N6O5/c1-27(2)22-34(36(47)25-30(16-10-11-19-40)38(49)45-20-17-32(18-21-45)43-39(50)42-3)44-37(48)31(23-28-12-6-4-7-13-28)26-35(46)33(41)24-29-14-8-5-9-15-29/h4-9,12-15,27,30-34H,10-11,16-26,40-41H2,1-3H3,(H,44,48)(H2,42,43,50)/t30-,31-,33+,34+/m0/s1. The SMILES string of the molecule is CNC(=O)NC1CCN(C(=O)[C@@H](CCCCN)CC(=O)[C@@H](CC(C)C)NC(=O)[C@H](CC(=O)[C@H](N)Cc2ccccc2)Cc2ccccc2)CC1. The maximum atomic E-state index is 14.0. The van der Waals surface area contributed by atoms with Gasteiger partial charge in [-0.1, -0.05) is 80.9 Å². The van der Waals surface area contributed by atoms with Gasteiger partial charge in [0, 0.05) is 50.9 Å². The van der Waals surface area contributed by atoms with E-state index in [0.29, 0.717) is 64.6 Å². The summed E-state index contributed by atoms with van der Waals surface area (Å²) in [7, 11) is 1.57. The first kappa shape index (κ1) is 40.3. The van der Waals surface area contributed by atoms with Crippen molar-refractivity contribution in [2.45, 2.75) is 96.2 Å². The Hall–Kier alpha value is -4.09. The fourth-order valence-electron chi connectivity index (χ4n) is 6.56. The molecule has 1 saturated heterocycles. The molecule has 0 aromatic heterocycles. The third-order valence-electron chi connectivity index (χ3n) is 9.44. The second-order valence-electron chi connectivity index (χ2n) is 14.0. The van der Waals surface area contributed by atoms with Crippen LogP contribution in [0, 0.1) is 17.8 Å². The van der Waals surface area contributed by atoms with Crippen LogP contribution in [0.1, 0.15) is 76.3 Å². The van der Waals surface area contributed by atoms with Gasteiger partial charge in [-0.2, -0.15) is 0 Å². The number of amides is 4. The predicted molar refractivity (Wildman–Crippen MR) is 196 cm³/mol. The van der Waals surface area contributed by atoms with Gasteiger partial charge in [-0.15, -0.1) is 0 Å². The Morgan fingerprint density at radius 3 is 1.96 bits per heavy atom. The highest BCUT2D eigenvalue weighted by molar-refractivity contribution is 5.94. The molecule has 2 aromatic rings. The summed E-state index contributed by atoms with van der Waals surface area (Å²) in [6.07, 6.45) is 4.28. The molecule has 2 aromatic carbocycles. The minimum absolute atomic E-state index is 0.00171. The maximum Gasteiger partial charge on any atom is 0.314 e. The van der Waals surface area contributed by atoms with Crippen LogP contribution in [0.3, 0.4) is 0 Å². The van der Waals surface area contributed by atoms with E-state index in [1.54, 1.807) is 11.9 Å². The summed E-state index contributed by atoms with van der Waals surface area (Å²) in [6, 6.07) is 17.2. The molecule has 7 N–H and O–H groups in total. The number of rotatable bonds is 20. The van der Waals surface area contributed by atoms with Crippen LogP contribution >= 0.6 is 0 Å². The molecule has 0 saturated carbocycles. The molecular formula is C39H58N6O5. The van der Waals surface area contributed by atoms with Gasteiger partial charge in [-0.3, -0.25) is 19.2 Å². The summed E-state index contributed by atoms with van der Waals surface area (Å²) in [6.45, 7) is 5.45. The van der Waals surface area contributed by atoms with Gasteiger partial charge < -0.3 is 32.3 Å². The summed E-state index contributed by atoms with van der Waals surface area (Å²) >= 11 is 0. The number of ketones is 2. The van der Waals surface area contributed by atoms with Crippen LogP contribution in [0.5, 0.6) is 0 Å². The Morgan fingerprint density at radius 2 is 1.40 bits per heavy atom. The largest absolute Gasteiger partial charge is 0.346 e. The lowest BCUT2D eigenvalue weighted by Gasteiger charge is -2.35. The van der Waals surface area contributed by atoms with Crippen LogP contribution < -0.4 is 27.4 Å². The number of carbonyl (C=O) groups is 5. The molecule has 274 valence electrons. The quantitative estimate of drug-likeness (QED) is 0.132. The second kappa shape index (κ2) is 21.2. The number of hydrogen-bond donors (Lipinski definition) is 5. The van der Waals surface area contributed by atoms with Gasteiger partial charge in [-0.25, -0.2) is 4.79 Å². The van der Waals surface area contributed by atoms with Crippen LogP contribution in [-0.2, 0) is 32.0 Å². The number of urea groups is 1. The van der Waals surface area contributed by atoms with Crippen molar-refractivity contribution in [2.75, 3.05) is 26.7 Å². The number of unbranched alkanes of at least 4 members (excludes halogenated alkanes) is 1. The molecule has 11 nitrogen and oxygen atoms in total. The van der Waals surface area contributed by atoms with E-state index in [-0.39, 0.29) is 54.2 Å². The van der Waals surface area contributed by atoms with Crippen molar-refractivity contribution >= 4 is 29.4 Å². The minimum Gasteiger partial charge on any atom is -0.346 e. The van der Waals surface area contributed by atoms with Gasteiger partial charge in [0.1, 0.15) is 0 Å². The molecule has 1 aliphatic rings. The molecule has 50 heavy (non-hydrogen) atoms.